The number of aliphatic carboxylic acids is 1. The average Bonchev–Trinajstić information content (AvgIpc) is 2.15. The minimum atomic E-state index is -0.728. The predicted octanol–water partition coefficient (Wildman–Crippen LogP) is 1.73. The zero-order valence-corrected chi connectivity index (χ0v) is 7.60. The fourth-order valence-corrected chi connectivity index (χ4v) is 1.06. The third-order valence-electron chi connectivity index (χ3n) is 2.04. The Labute approximate surface area is 77.4 Å². The molecule has 1 unspecified atom stereocenters. The lowest BCUT2D eigenvalue weighted by Gasteiger charge is -2.04. The molecular formula is C10H13NO2. The van der Waals surface area contributed by atoms with E-state index >= 15 is 0 Å². The molecule has 1 heterocycles. The van der Waals surface area contributed by atoms with Crippen LogP contribution in [0.1, 0.15) is 18.9 Å². The van der Waals surface area contributed by atoms with E-state index in [-0.39, 0.29) is 5.92 Å². The first kappa shape index (κ1) is 9.71. The molecule has 70 valence electrons. The van der Waals surface area contributed by atoms with Gasteiger partial charge in [0.1, 0.15) is 0 Å². The van der Waals surface area contributed by atoms with Crippen LogP contribution in [0.5, 0.6) is 0 Å². The second-order valence-electron chi connectivity index (χ2n) is 3.13. The Morgan fingerprint density at radius 3 is 2.69 bits per heavy atom. The molecule has 1 rings (SSSR count). The van der Waals surface area contributed by atoms with Gasteiger partial charge in [0.25, 0.3) is 0 Å². The molecule has 13 heavy (non-hydrogen) atoms. The van der Waals surface area contributed by atoms with E-state index in [0.29, 0.717) is 6.42 Å². The van der Waals surface area contributed by atoms with Crippen molar-refractivity contribution in [2.24, 2.45) is 5.92 Å². The molecule has 0 aliphatic heterocycles. The highest BCUT2D eigenvalue weighted by atomic mass is 16.4. The molecular weight excluding hydrogens is 166 g/mol. The second-order valence-corrected chi connectivity index (χ2v) is 3.13. The minimum Gasteiger partial charge on any atom is -0.481 e. The predicted molar refractivity (Wildman–Crippen MR) is 49.4 cm³/mol. The van der Waals surface area contributed by atoms with Gasteiger partial charge in [0.05, 0.1) is 5.92 Å². The molecule has 1 atom stereocenters. The third kappa shape index (κ3) is 3.23. The molecule has 0 amide bonds. The number of pyridine rings is 1. The summed E-state index contributed by atoms with van der Waals surface area (Å²) in [5.41, 5.74) is 1.14. The number of carbonyl (C=O) groups is 1. The molecule has 3 heteroatoms. The zero-order chi connectivity index (χ0) is 9.68. The Hall–Kier alpha value is -1.38. The van der Waals surface area contributed by atoms with Crippen LogP contribution in [0.2, 0.25) is 0 Å². The minimum absolute atomic E-state index is 0.270. The molecule has 0 bridgehead atoms. The maximum Gasteiger partial charge on any atom is 0.306 e. The van der Waals surface area contributed by atoms with Gasteiger partial charge in [-0.25, -0.2) is 0 Å². The fourth-order valence-electron chi connectivity index (χ4n) is 1.06. The Kier molecular flexibility index (Phi) is 3.43. The number of hydrogen-bond acceptors (Lipinski definition) is 2. The summed E-state index contributed by atoms with van der Waals surface area (Å²) in [5, 5.41) is 8.65. The molecule has 1 aromatic heterocycles. The summed E-state index contributed by atoms with van der Waals surface area (Å²) in [6.45, 7) is 1.73. The molecule has 0 spiro atoms. The van der Waals surface area contributed by atoms with E-state index in [9.17, 15) is 4.79 Å². The fraction of sp³-hybridized carbons (Fsp3) is 0.400. The van der Waals surface area contributed by atoms with Crippen molar-refractivity contribution < 1.29 is 9.90 Å². The number of carboxylic acids is 1. The maximum atomic E-state index is 10.5. The van der Waals surface area contributed by atoms with E-state index in [1.807, 2.05) is 12.1 Å². The number of nitrogens with zero attached hydrogens (tertiary/aromatic N) is 1. The highest BCUT2D eigenvalue weighted by Gasteiger charge is 2.09. The summed E-state index contributed by atoms with van der Waals surface area (Å²) >= 11 is 0. The van der Waals surface area contributed by atoms with Crippen LogP contribution in [0.25, 0.3) is 0 Å². The summed E-state index contributed by atoms with van der Waals surface area (Å²) in [6.07, 6.45) is 4.93. The highest BCUT2D eigenvalue weighted by molar-refractivity contribution is 5.69. The van der Waals surface area contributed by atoms with Gasteiger partial charge < -0.3 is 5.11 Å². The number of hydrogen-bond donors (Lipinski definition) is 1. The number of aryl methyl sites for hydroxylation is 1. The van der Waals surface area contributed by atoms with E-state index in [1.54, 1.807) is 19.3 Å². The van der Waals surface area contributed by atoms with Crippen LogP contribution >= 0.6 is 0 Å². The van der Waals surface area contributed by atoms with E-state index in [1.165, 1.54) is 0 Å². The van der Waals surface area contributed by atoms with Crippen LogP contribution in [0.3, 0.4) is 0 Å². The van der Waals surface area contributed by atoms with Crippen molar-refractivity contribution in [2.45, 2.75) is 19.8 Å². The molecule has 0 saturated heterocycles. The lowest BCUT2D eigenvalue weighted by Crippen LogP contribution is -2.10. The summed E-state index contributed by atoms with van der Waals surface area (Å²) in [7, 11) is 0. The summed E-state index contributed by atoms with van der Waals surface area (Å²) in [4.78, 5) is 14.4. The zero-order valence-electron chi connectivity index (χ0n) is 7.60. The first-order valence-corrected chi connectivity index (χ1v) is 4.32. The lowest BCUT2D eigenvalue weighted by molar-refractivity contribution is -0.141. The topological polar surface area (TPSA) is 50.2 Å². The standard InChI is InChI=1S/C10H13NO2/c1-8(10(12)13)2-3-9-4-6-11-7-5-9/h4-8H,2-3H2,1H3,(H,12,13). The van der Waals surface area contributed by atoms with Crippen LogP contribution < -0.4 is 0 Å². The Balaban J connectivity index is 2.39. The van der Waals surface area contributed by atoms with Gasteiger partial charge in [0.15, 0.2) is 0 Å². The van der Waals surface area contributed by atoms with Crippen molar-refractivity contribution in [3.63, 3.8) is 0 Å². The molecule has 0 fully saturated rings. The van der Waals surface area contributed by atoms with Crippen molar-refractivity contribution >= 4 is 5.97 Å². The molecule has 0 radical (unpaired) electrons. The number of carboxylic acid groups (broad SMARTS) is 1. The van der Waals surface area contributed by atoms with E-state index in [2.05, 4.69) is 4.98 Å². The Bertz CT molecular complexity index is 272. The van der Waals surface area contributed by atoms with Crippen LogP contribution in [0.15, 0.2) is 24.5 Å². The SMILES string of the molecule is CC(CCc1ccncc1)C(=O)O. The molecule has 3 nitrogen and oxygen atoms in total. The van der Waals surface area contributed by atoms with Gasteiger partial charge in [-0.2, -0.15) is 0 Å². The van der Waals surface area contributed by atoms with Gasteiger partial charge in [-0.3, -0.25) is 9.78 Å². The monoisotopic (exact) mass is 179 g/mol. The quantitative estimate of drug-likeness (QED) is 0.765. The molecule has 0 aliphatic carbocycles. The smallest absolute Gasteiger partial charge is 0.306 e. The summed E-state index contributed by atoms with van der Waals surface area (Å²) in [6, 6.07) is 3.82. The Morgan fingerprint density at radius 1 is 1.54 bits per heavy atom. The number of rotatable bonds is 4. The van der Waals surface area contributed by atoms with Gasteiger partial charge >= 0.3 is 5.97 Å². The van der Waals surface area contributed by atoms with Crippen molar-refractivity contribution in [3.05, 3.63) is 30.1 Å². The molecule has 0 aliphatic rings. The van der Waals surface area contributed by atoms with Crippen molar-refractivity contribution in [1.29, 1.82) is 0 Å². The largest absolute Gasteiger partial charge is 0.481 e. The molecule has 1 N–H and O–H groups in total. The summed E-state index contributed by atoms with van der Waals surface area (Å²) in [5.74, 6) is -0.998. The van der Waals surface area contributed by atoms with Crippen LogP contribution in [0.4, 0.5) is 0 Å². The van der Waals surface area contributed by atoms with Crippen LogP contribution in [0, 0.1) is 5.92 Å². The normalized spacial score (nSPS) is 12.4. The maximum absolute atomic E-state index is 10.5. The van der Waals surface area contributed by atoms with Gasteiger partial charge in [-0.1, -0.05) is 6.92 Å². The van der Waals surface area contributed by atoms with Crippen molar-refractivity contribution in [1.82, 2.24) is 4.98 Å². The van der Waals surface area contributed by atoms with Crippen LogP contribution in [-0.2, 0) is 11.2 Å². The van der Waals surface area contributed by atoms with Gasteiger partial charge in [0.2, 0.25) is 0 Å². The first-order chi connectivity index (χ1) is 6.20. The van der Waals surface area contributed by atoms with Crippen molar-refractivity contribution in [2.75, 3.05) is 0 Å². The molecule has 0 saturated carbocycles. The van der Waals surface area contributed by atoms with Gasteiger partial charge in [-0.15, -0.1) is 0 Å². The van der Waals surface area contributed by atoms with E-state index in [4.69, 9.17) is 5.11 Å². The van der Waals surface area contributed by atoms with Gasteiger partial charge in [-0.05, 0) is 30.5 Å². The van der Waals surface area contributed by atoms with Crippen LogP contribution in [-0.4, -0.2) is 16.1 Å². The lowest BCUT2D eigenvalue weighted by atomic mass is 10.0. The first-order valence-electron chi connectivity index (χ1n) is 4.32. The summed E-state index contributed by atoms with van der Waals surface area (Å²) < 4.78 is 0. The van der Waals surface area contributed by atoms with Gasteiger partial charge in [0, 0.05) is 12.4 Å². The molecule has 0 aromatic carbocycles. The third-order valence-corrected chi connectivity index (χ3v) is 2.04. The molecule has 1 aromatic rings. The second kappa shape index (κ2) is 4.60. The van der Waals surface area contributed by atoms with Crippen molar-refractivity contribution in [3.8, 4) is 0 Å². The van der Waals surface area contributed by atoms with E-state index < -0.39 is 5.97 Å². The average molecular weight is 179 g/mol. The Morgan fingerprint density at radius 2 is 2.15 bits per heavy atom. The highest BCUT2D eigenvalue weighted by Crippen LogP contribution is 2.08. The number of aromatic nitrogens is 1. The van der Waals surface area contributed by atoms with E-state index in [0.717, 1.165) is 12.0 Å².